The molecule has 0 amide bonds. The Morgan fingerprint density at radius 2 is 1.83 bits per heavy atom. The van der Waals surface area contributed by atoms with Crippen molar-refractivity contribution in [3.05, 3.63) is 65.8 Å². The summed E-state index contributed by atoms with van der Waals surface area (Å²) in [5, 5.41) is 5.45. The van der Waals surface area contributed by atoms with Gasteiger partial charge in [0.25, 0.3) is 15.9 Å². The molecular formula is C18H12F2N4O3S2. The summed E-state index contributed by atoms with van der Waals surface area (Å²) in [6, 6.07) is 7.63. The van der Waals surface area contributed by atoms with E-state index in [2.05, 4.69) is 15.1 Å². The summed E-state index contributed by atoms with van der Waals surface area (Å²) < 4.78 is 59.0. The summed E-state index contributed by atoms with van der Waals surface area (Å²) in [5.41, 5.74) is 0.638. The fourth-order valence-corrected chi connectivity index (χ4v) is 5.06. The molecule has 0 fully saturated rings. The molecule has 3 heterocycles. The van der Waals surface area contributed by atoms with Crippen molar-refractivity contribution in [1.82, 2.24) is 15.1 Å². The van der Waals surface area contributed by atoms with E-state index in [1.54, 1.807) is 29.9 Å². The standard InChI is InChI=1S/C18H12F2N4O3S2/c1-24(12-2-3-13(19)14(20)10-12)29(25,26)15-6-9-28-16(15)18-22-17(23-27-18)11-4-7-21-8-5-11/h2-10H,1H3. The lowest BCUT2D eigenvalue weighted by Gasteiger charge is -2.19. The molecule has 0 bridgehead atoms. The first kappa shape index (κ1) is 19.2. The minimum atomic E-state index is -4.10. The first-order valence-electron chi connectivity index (χ1n) is 8.14. The molecule has 1 aromatic carbocycles. The molecule has 3 aromatic heterocycles. The van der Waals surface area contributed by atoms with Gasteiger partial charge in [-0.1, -0.05) is 5.16 Å². The minimum Gasteiger partial charge on any atom is -0.333 e. The van der Waals surface area contributed by atoms with Gasteiger partial charge in [-0.15, -0.1) is 11.3 Å². The van der Waals surface area contributed by atoms with Gasteiger partial charge in [-0.3, -0.25) is 9.29 Å². The zero-order valence-corrected chi connectivity index (χ0v) is 16.4. The summed E-state index contributed by atoms with van der Waals surface area (Å²) in [6.45, 7) is 0. The molecule has 0 atom stereocenters. The highest BCUT2D eigenvalue weighted by molar-refractivity contribution is 7.93. The van der Waals surface area contributed by atoms with Gasteiger partial charge in [-0.2, -0.15) is 4.98 Å². The van der Waals surface area contributed by atoms with Crippen molar-refractivity contribution in [3.63, 3.8) is 0 Å². The highest BCUT2D eigenvalue weighted by atomic mass is 32.2. The average Bonchev–Trinajstić information content (AvgIpc) is 3.40. The van der Waals surface area contributed by atoms with E-state index < -0.39 is 21.7 Å². The maximum absolute atomic E-state index is 13.5. The van der Waals surface area contributed by atoms with Crippen molar-refractivity contribution >= 4 is 27.0 Å². The Morgan fingerprint density at radius 1 is 1.07 bits per heavy atom. The number of hydrogen-bond acceptors (Lipinski definition) is 7. The lowest BCUT2D eigenvalue weighted by Crippen LogP contribution is -2.26. The van der Waals surface area contributed by atoms with Crippen LogP contribution in [0.5, 0.6) is 0 Å². The Morgan fingerprint density at radius 3 is 2.55 bits per heavy atom. The van der Waals surface area contributed by atoms with Crippen LogP contribution in [0.3, 0.4) is 0 Å². The van der Waals surface area contributed by atoms with Crippen molar-refractivity contribution in [2.24, 2.45) is 0 Å². The van der Waals surface area contributed by atoms with Crippen molar-refractivity contribution < 1.29 is 21.7 Å². The van der Waals surface area contributed by atoms with E-state index in [9.17, 15) is 17.2 Å². The summed E-state index contributed by atoms with van der Waals surface area (Å²) in [6.07, 6.45) is 3.15. The lowest BCUT2D eigenvalue weighted by molar-refractivity contribution is 0.432. The van der Waals surface area contributed by atoms with Crippen LogP contribution in [0.15, 0.2) is 63.6 Å². The average molecular weight is 434 g/mol. The second-order valence-corrected chi connectivity index (χ2v) is 8.70. The molecule has 4 aromatic rings. The number of aromatic nitrogens is 3. The van der Waals surface area contributed by atoms with Crippen LogP contribution in [0.1, 0.15) is 0 Å². The van der Waals surface area contributed by atoms with Gasteiger partial charge in [-0.25, -0.2) is 17.2 Å². The third kappa shape index (κ3) is 3.49. The molecule has 0 N–H and O–H groups in total. The normalized spacial score (nSPS) is 11.6. The molecule has 7 nitrogen and oxygen atoms in total. The number of benzene rings is 1. The summed E-state index contributed by atoms with van der Waals surface area (Å²) in [4.78, 5) is 8.34. The van der Waals surface area contributed by atoms with Crippen LogP contribution in [0.2, 0.25) is 0 Å². The van der Waals surface area contributed by atoms with Crippen molar-refractivity contribution in [1.29, 1.82) is 0 Å². The van der Waals surface area contributed by atoms with Gasteiger partial charge in [0.15, 0.2) is 11.6 Å². The fraction of sp³-hybridized carbons (Fsp3) is 0.0556. The van der Waals surface area contributed by atoms with E-state index in [-0.39, 0.29) is 27.2 Å². The number of rotatable bonds is 5. The van der Waals surface area contributed by atoms with Crippen LogP contribution in [0.4, 0.5) is 14.5 Å². The molecule has 0 unspecified atom stereocenters. The number of sulfonamides is 1. The molecule has 11 heteroatoms. The zero-order chi connectivity index (χ0) is 20.6. The minimum absolute atomic E-state index is 0.0240. The van der Waals surface area contributed by atoms with Crippen LogP contribution in [-0.2, 0) is 10.0 Å². The van der Waals surface area contributed by atoms with Crippen molar-refractivity contribution in [2.45, 2.75) is 4.90 Å². The quantitative estimate of drug-likeness (QED) is 0.472. The van der Waals surface area contributed by atoms with Gasteiger partial charge in [0.05, 0.1) is 5.69 Å². The largest absolute Gasteiger partial charge is 0.333 e. The maximum atomic E-state index is 13.5. The van der Waals surface area contributed by atoms with Crippen LogP contribution >= 0.6 is 11.3 Å². The fourth-order valence-electron chi connectivity index (χ4n) is 2.56. The number of pyridine rings is 1. The van der Waals surface area contributed by atoms with Gasteiger partial charge >= 0.3 is 0 Å². The molecule has 0 aliphatic heterocycles. The highest BCUT2D eigenvalue weighted by Gasteiger charge is 2.29. The number of anilines is 1. The zero-order valence-electron chi connectivity index (χ0n) is 14.8. The summed E-state index contributed by atoms with van der Waals surface area (Å²) in [7, 11) is -2.85. The summed E-state index contributed by atoms with van der Waals surface area (Å²) in [5.74, 6) is -1.89. The predicted molar refractivity (Wildman–Crippen MR) is 103 cm³/mol. The molecule has 0 radical (unpaired) electrons. The predicted octanol–water partition coefficient (Wildman–Crippen LogP) is 3.96. The Kier molecular flexibility index (Phi) is 4.84. The van der Waals surface area contributed by atoms with E-state index in [1.807, 2.05) is 0 Å². The molecule has 29 heavy (non-hydrogen) atoms. The summed E-state index contributed by atoms with van der Waals surface area (Å²) >= 11 is 1.11. The third-order valence-electron chi connectivity index (χ3n) is 4.09. The first-order valence-corrected chi connectivity index (χ1v) is 10.5. The van der Waals surface area contributed by atoms with Gasteiger partial charge in [-0.05, 0) is 35.7 Å². The molecule has 0 saturated carbocycles. The monoisotopic (exact) mass is 434 g/mol. The van der Waals surface area contributed by atoms with Crippen LogP contribution in [-0.4, -0.2) is 30.6 Å². The first-order chi connectivity index (χ1) is 13.9. The maximum Gasteiger partial charge on any atom is 0.269 e. The third-order valence-corrected chi connectivity index (χ3v) is 6.95. The van der Waals surface area contributed by atoms with Crippen molar-refractivity contribution in [2.75, 3.05) is 11.4 Å². The van der Waals surface area contributed by atoms with E-state index >= 15 is 0 Å². The second kappa shape index (κ2) is 7.33. The topological polar surface area (TPSA) is 89.2 Å². The van der Waals surface area contributed by atoms with Crippen LogP contribution in [0.25, 0.3) is 22.2 Å². The van der Waals surface area contributed by atoms with Crippen LogP contribution in [0, 0.1) is 11.6 Å². The SMILES string of the molecule is CN(c1ccc(F)c(F)c1)S(=O)(=O)c1ccsc1-c1nc(-c2ccncc2)no1. The molecule has 148 valence electrons. The van der Waals surface area contributed by atoms with Crippen molar-refractivity contribution in [3.8, 4) is 22.2 Å². The van der Waals surface area contributed by atoms with E-state index in [0.29, 0.717) is 5.56 Å². The van der Waals surface area contributed by atoms with E-state index in [1.165, 1.54) is 19.2 Å². The van der Waals surface area contributed by atoms with E-state index in [4.69, 9.17) is 4.52 Å². The smallest absolute Gasteiger partial charge is 0.269 e. The Hall–Kier alpha value is -3.18. The Bertz CT molecular complexity index is 1270. The molecule has 0 spiro atoms. The number of hydrogen-bond donors (Lipinski definition) is 0. The van der Waals surface area contributed by atoms with Gasteiger partial charge in [0.2, 0.25) is 5.82 Å². The molecule has 0 aliphatic rings. The highest BCUT2D eigenvalue weighted by Crippen LogP contribution is 2.35. The number of thiophene rings is 1. The lowest BCUT2D eigenvalue weighted by atomic mass is 10.2. The second-order valence-electron chi connectivity index (χ2n) is 5.84. The number of halogens is 2. The molecule has 0 saturated heterocycles. The molecule has 4 rings (SSSR count). The van der Waals surface area contributed by atoms with Gasteiger partial charge in [0, 0.05) is 31.1 Å². The number of nitrogens with zero attached hydrogens (tertiary/aromatic N) is 4. The molecule has 0 aliphatic carbocycles. The Balaban J connectivity index is 1.72. The van der Waals surface area contributed by atoms with E-state index in [0.717, 1.165) is 27.8 Å². The van der Waals surface area contributed by atoms with Crippen LogP contribution < -0.4 is 4.31 Å². The van der Waals surface area contributed by atoms with Gasteiger partial charge < -0.3 is 4.52 Å². The Labute approximate surface area is 168 Å². The van der Waals surface area contributed by atoms with Gasteiger partial charge in [0.1, 0.15) is 9.77 Å². The molecular weight excluding hydrogens is 422 g/mol.